The number of rotatable bonds is 6. The second kappa shape index (κ2) is 7.54. The molecule has 0 aliphatic carbocycles. The van der Waals surface area contributed by atoms with Gasteiger partial charge in [-0.15, -0.1) is 0 Å². The van der Waals surface area contributed by atoms with E-state index in [0.29, 0.717) is 11.1 Å². The van der Waals surface area contributed by atoms with Gasteiger partial charge in [0, 0.05) is 25.7 Å². The summed E-state index contributed by atoms with van der Waals surface area (Å²) in [6, 6.07) is 10.4. The summed E-state index contributed by atoms with van der Waals surface area (Å²) in [5.74, 6) is -0.495. The highest BCUT2D eigenvalue weighted by Crippen LogP contribution is 2.19. The zero-order chi connectivity index (χ0) is 17.7. The van der Waals surface area contributed by atoms with Crippen LogP contribution in [-0.2, 0) is 17.8 Å². The molecule has 0 unspecified atom stereocenters. The van der Waals surface area contributed by atoms with Gasteiger partial charge in [0.2, 0.25) is 5.91 Å². The van der Waals surface area contributed by atoms with Crippen molar-refractivity contribution in [2.45, 2.75) is 13.0 Å². The lowest BCUT2D eigenvalue weighted by Crippen LogP contribution is -2.27. The van der Waals surface area contributed by atoms with Crippen LogP contribution in [0.3, 0.4) is 0 Å². The molecule has 0 saturated carbocycles. The van der Waals surface area contributed by atoms with E-state index in [1.54, 1.807) is 25.2 Å². The minimum absolute atomic E-state index is 0.0201. The first kappa shape index (κ1) is 17.4. The SMILES string of the molecule is COc1ccc(CN(C)C(=O)Cc2ccc([N+](=O)[O-])cc2)cc1F. The number of halogens is 1. The lowest BCUT2D eigenvalue weighted by atomic mass is 10.1. The zero-order valence-corrected chi connectivity index (χ0v) is 13.4. The number of carbonyl (C=O) groups excluding carboxylic acids is 1. The number of non-ortho nitro benzene ring substituents is 1. The molecule has 24 heavy (non-hydrogen) atoms. The Morgan fingerprint density at radius 1 is 1.21 bits per heavy atom. The molecule has 0 saturated heterocycles. The quantitative estimate of drug-likeness (QED) is 0.602. The van der Waals surface area contributed by atoms with Crippen molar-refractivity contribution in [3.05, 3.63) is 69.5 Å². The predicted octanol–water partition coefficient (Wildman–Crippen LogP) is 2.94. The summed E-state index contributed by atoms with van der Waals surface area (Å²) in [6.07, 6.45) is 0.118. The van der Waals surface area contributed by atoms with E-state index < -0.39 is 10.7 Å². The van der Waals surface area contributed by atoms with Crippen molar-refractivity contribution in [3.63, 3.8) is 0 Å². The van der Waals surface area contributed by atoms with Crippen LogP contribution in [0.5, 0.6) is 5.75 Å². The number of nitrogens with zero attached hydrogens (tertiary/aromatic N) is 2. The van der Waals surface area contributed by atoms with Crippen molar-refractivity contribution in [2.75, 3.05) is 14.2 Å². The molecule has 0 aliphatic heterocycles. The second-order valence-corrected chi connectivity index (χ2v) is 5.32. The number of ether oxygens (including phenoxy) is 1. The average molecular weight is 332 g/mol. The van der Waals surface area contributed by atoms with E-state index in [-0.39, 0.29) is 30.3 Å². The molecule has 0 fully saturated rings. The van der Waals surface area contributed by atoms with E-state index in [9.17, 15) is 19.3 Å². The van der Waals surface area contributed by atoms with Gasteiger partial charge in [-0.3, -0.25) is 14.9 Å². The molecule has 126 valence electrons. The molecule has 2 aromatic rings. The van der Waals surface area contributed by atoms with Gasteiger partial charge >= 0.3 is 0 Å². The summed E-state index contributed by atoms with van der Waals surface area (Å²) in [5.41, 5.74) is 1.31. The van der Waals surface area contributed by atoms with Crippen LogP contribution < -0.4 is 4.74 Å². The van der Waals surface area contributed by atoms with Crippen molar-refractivity contribution >= 4 is 11.6 Å². The van der Waals surface area contributed by atoms with E-state index in [2.05, 4.69) is 0 Å². The number of methoxy groups -OCH3 is 1. The number of benzene rings is 2. The minimum Gasteiger partial charge on any atom is -0.494 e. The molecule has 2 rings (SSSR count). The lowest BCUT2D eigenvalue weighted by molar-refractivity contribution is -0.384. The van der Waals surface area contributed by atoms with Gasteiger partial charge < -0.3 is 9.64 Å². The first-order valence-electron chi connectivity index (χ1n) is 7.20. The third kappa shape index (κ3) is 4.28. The van der Waals surface area contributed by atoms with Crippen LogP contribution >= 0.6 is 0 Å². The van der Waals surface area contributed by atoms with Crippen molar-refractivity contribution in [2.24, 2.45) is 0 Å². The summed E-state index contributed by atoms with van der Waals surface area (Å²) < 4.78 is 18.5. The summed E-state index contributed by atoms with van der Waals surface area (Å²) in [4.78, 5) is 23.8. The largest absolute Gasteiger partial charge is 0.494 e. The molecular weight excluding hydrogens is 315 g/mol. The van der Waals surface area contributed by atoms with E-state index in [1.807, 2.05) is 0 Å². The monoisotopic (exact) mass is 332 g/mol. The highest BCUT2D eigenvalue weighted by Gasteiger charge is 2.13. The molecule has 0 N–H and O–H groups in total. The van der Waals surface area contributed by atoms with E-state index in [0.717, 1.165) is 0 Å². The van der Waals surface area contributed by atoms with E-state index in [1.165, 1.54) is 36.3 Å². The molecule has 0 bridgehead atoms. The van der Waals surface area contributed by atoms with Crippen LogP contribution in [0.4, 0.5) is 10.1 Å². The van der Waals surface area contributed by atoms with E-state index in [4.69, 9.17) is 4.74 Å². The molecule has 0 spiro atoms. The number of nitro groups is 1. The van der Waals surface area contributed by atoms with Crippen LogP contribution in [0.2, 0.25) is 0 Å². The second-order valence-electron chi connectivity index (χ2n) is 5.32. The van der Waals surface area contributed by atoms with Crippen molar-refractivity contribution in [1.82, 2.24) is 4.90 Å². The normalized spacial score (nSPS) is 10.3. The summed E-state index contributed by atoms with van der Waals surface area (Å²) >= 11 is 0. The Morgan fingerprint density at radius 3 is 2.38 bits per heavy atom. The first-order valence-corrected chi connectivity index (χ1v) is 7.20. The van der Waals surface area contributed by atoms with Crippen LogP contribution in [-0.4, -0.2) is 29.9 Å². The van der Waals surface area contributed by atoms with Crippen LogP contribution in [0, 0.1) is 15.9 Å². The standard InChI is InChI=1S/C17H17FN2O4/c1-19(11-13-5-8-16(24-2)15(18)9-13)17(21)10-12-3-6-14(7-4-12)20(22)23/h3-9H,10-11H2,1-2H3. The van der Waals surface area contributed by atoms with Gasteiger partial charge in [-0.05, 0) is 23.3 Å². The van der Waals surface area contributed by atoms with Crippen LogP contribution in [0.15, 0.2) is 42.5 Å². The average Bonchev–Trinajstić information content (AvgIpc) is 2.55. The molecule has 0 heterocycles. The van der Waals surface area contributed by atoms with Gasteiger partial charge in [0.05, 0.1) is 18.5 Å². The Bertz CT molecular complexity index is 747. The Labute approximate surface area is 138 Å². The molecule has 2 aromatic carbocycles. The molecule has 0 radical (unpaired) electrons. The Kier molecular flexibility index (Phi) is 5.47. The molecule has 7 heteroatoms. The van der Waals surface area contributed by atoms with Crippen molar-refractivity contribution in [1.29, 1.82) is 0 Å². The molecule has 0 aromatic heterocycles. The molecular formula is C17H17FN2O4. The predicted molar refractivity (Wildman–Crippen MR) is 86.2 cm³/mol. The van der Waals surface area contributed by atoms with Gasteiger partial charge in [0.25, 0.3) is 5.69 Å². The Morgan fingerprint density at radius 2 is 1.83 bits per heavy atom. The molecule has 0 aliphatic rings. The first-order chi connectivity index (χ1) is 11.4. The fourth-order valence-electron chi connectivity index (χ4n) is 2.22. The summed E-state index contributed by atoms with van der Waals surface area (Å²) in [6.45, 7) is 0.257. The van der Waals surface area contributed by atoms with Crippen LogP contribution in [0.25, 0.3) is 0 Å². The fraction of sp³-hybridized carbons (Fsp3) is 0.235. The Hall–Kier alpha value is -2.96. The topological polar surface area (TPSA) is 72.7 Å². The maximum atomic E-state index is 13.7. The lowest BCUT2D eigenvalue weighted by Gasteiger charge is -2.17. The number of likely N-dealkylation sites (N-methyl/N-ethyl adjacent to an activating group) is 1. The number of nitro benzene ring substituents is 1. The number of hydrogen-bond donors (Lipinski definition) is 0. The third-order valence-corrected chi connectivity index (χ3v) is 3.56. The number of hydrogen-bond acceptors (Lipinski definition) is 4. The minimum atomic E-state index is -0.490. The van der Waals surface area contributed by atoms with Gasteiger partial charge in [-0.25, -0.2) is 4.39 Å². The van der Waals surface area contributed by atoms with Gasteiger partial charge in [-0.2, -0.15) is 0 Å². The fourth-order valence-corrected chi connectivity index (χ4v) is 2.22. The highest BCUT2D eigenvalue weighted by molar-refractivity contribution is 5.78. The number of amides is 1. The van der Waals surface area contributed by atoms with Gasteiger partial charge in [0.1, 0.15) is 0 Å². The molecule has 1 amide bonds. The zero-order valence-electron chi connectivity index (χ0n) is 13.4. The highest BCUT2D eigenvalue weighted by atomic mass is 19.1. The third-order valence-electron chi connectivity index (χ3n) is 3.56. The Balaban J connectivity index is 1.99. The number of carbonyl (C=O) groups is 1. The van der Waals surface area contributed by atoms with Crippen molar-refractivity contribution in [3.8, 4) is 5.75 Å². The van der Waals surface area contributed by atoms with Crippen molar-refractivity contribution < 1.29 is 18.8 Å². The maximum Gasteiger partial charge on any atom is 0.269 e. The molecule has 0 atom stereocenters. The van der Waals surface area contributed by atoms with Gasteiger partial charge in [-0.1, -0.05) is 18.2 Å². The maximum absolute atomic E-state index is 13.7. The van der Waals surface area contributed by atoms with Gasteiger partial charge in [0.15, 0.2) is 11.6 Å². The summed E-state index contributed by atoms with van der Waals surface area (Å²) in [7, 11) is 3.01. The summed E-state index contributed by atoms with van der Waals surface area (Å²) in [5, 5.41) is 10.6. The van der Waals surface area contributed by atoms with Crippen LogP contribution in [0.1, 0.15) is 11.1 Å². The molecule has 6 nitrogen and oxygen atoms in total. The van der Waals surface area contributed by atoms with E-state index >= 15 is 0 Å². The smallest absolute Gasteiger partial charge is 0.269 e.